The van der Waals surface area contributed by atoms with Gasteiger partial charge in [-0.1, -0.05) is 16.8 Å². The van der Waals surface area contributed by atoms with Gasteiger partial charge >= 0.3 is 0 Å². The van der Waals surface area contributed by atoms with Crippen molar-refractivity contribution in [2.24, 2.45) is 0 Å². The summed E-state index contributed by atoms with van der Waals surface area (Å²) in [7, 11) is 1.57. The Morgan fingerprint density at radius 1 is 1.47 bits per heavy atom. The zero-order valence-electron chi connectivity index (χ0n) is 8.15. The highest BCUT2D eigenvalue weighted by molar-refractivity contribution is 7.16. The van der Waals surface area contributed by atoms with Crippen LogP contribution in [-0.4, -0.2) is 22.2 Å². The number of methoxy groups -OCH3 is 1. The van der Waals surface area contributed by atoms with Crippen LogP contribution in [0, 0.1) is 6.92 Å². The molecule has 2 aromatic heterocycles. The molecular formula is C8H8ClN3O2S. The van der Waals surface area contributed by atoms with Crippen LogP contribution in [0.2, 0.25) is 4.47 Å². The monoisotopic (exact) mass is 245 g/mol. The summed E-state index contributed by atoms with van der Waals surface area (Å²) in [6, 6.07) is 0. The molecule has 0 aliphatic carbocycles. The molecule has 2 aromatic rings. The predicted octanol–water partition coefficient (Wildman–Crippen LogP) is 2.30. The Morgan fingerprint density at radius 2 is 2.27 bits per heavy atom. The molecule has 15 heavy (non-hydrogen) atoms. The van der Waals surface area contributed by atoms with Crippen LogP contribution < -0.4 is 0 Å². The fourth-order valence-electron chi connectivity index (χ4n) is 1.10. The van der Waals surface area contributed by atoms with Gasteiger partial charge in [-0.3, -0.25) is 0 Å². The highest BCUT2D eigenvalue weighted by Crippen LogP contribution is 2.28. The maximum Gasteiger partial charge on any atom is 0.277 e. The van der Waals surface area contributed by atoms with Crippen LogP contribution in [0.4, 0.5) is 0 Å². The molecule has 0 N–H and O–H groups in total. The van der Waals surface area contributed by atoms with Gasteiger partial charge < -0.3 is 9.26 Å². The van der Waals surface area contributed by atoms with E-state index in [2.05, 4.69) is 15.1 Å². The fraction of sp³-hybridized carbons (Fsp3) is 0.375. The lowest BCUT2D eigenvalue weighted by Crippen LogP contribution is -1.89. The van der Waals surface area contributed by atoms with Crippen LogP contribution >= 0.6 is 22.9 Å². The van der Waals surface area contributed by atoms with Gasteiger partial charge in [0.25, 0.3) is 5.89 Å². The van der Waals surface area contributed by atoms with Crippen molar-refractivity contribution in [1.29, 1.82) is 0 Å². The first kappa shape index (κ1) is 10.5. The molecular weight excluding hydrogens is 238 g/mol. The van der Waals surface area contributed by atoms with Crippen molar-refractivity contribution in [2.45, 2.75) is 13.5 Å². The normalized spacial score (nSPS) is 10.9. The fourth-order valence-corrected chi connectivity index (χ4v) is 2.15. The molecule has 0 atom stereocenters. The Morgan fingerprint density at radius 3 is 2.87 bits per heavy atom. The molecule has 0 radical (unpaired) electrons. The number of halogens is 1. The van der Waals surface area contributed by atoms with Crippen LogP contribution in [0.15, 0.2) is 4.52 Å². The maximum atomic E-state index is 5.78. The summed E-state index contributed by atoms with van der Waals surface area (Å²) in [5.74, 6) is 0.874. The zero-order chi connectivity index (χ0) is 10.8. The highest BCUT2D eigenvalue weighted by atomic mass is 35.5. The second-order valence-electron chi connectivity index (χ2n) is 2.82. The van der Waals surface area contributed by atoms with E-state index in [0.29, 0.717) is 28.5 Å². The van der Waals surface area contributed by atoms with Gasteiger partial charge in [0, 0.05) is 12.0 Å². The molecule has 0 aliphatic rings. The lowest BCUT2D eigenvalue weighted by atomic mass is 10.4. The van der Waals surface area contributed by atoms with Crippen LogP contribution in [0.3, 0.4) is 0 Å². The van der Waals surface area contributed by atoms with Gasteiger partial charge in [-0.05, 0) is 6.92 Å². The Labute approximate surface area is 95.0 Å². The average molecular weight is 246 g/mol. The van der Waals surface area contributed by atoms with Crippen molar-refractivity contribution in [3.8, 4) is 11.6 Å². The molecule has 0 saturated carbocycles. The van der Waals surface area contributed by atoms with Crippen molar-refractivity contribution in [1.82, 2.24) is 15.1 Å². The number of hydrogen-bond acceptors (Lipinski definition) is 6. The summed E-state index contributed by atoms with van der Waals surface area (Å²) in [5.41, 5.74) is 0.639. The summed E-state index contributed by atoms with van der Waals surface area (Å²) in [6.45, 7) is 2.22. The molecule has 2 heterocycles. The molecule has 0 saturated heterocycles. The van der Waals surface area contributed by atoms with Gasteiger partial charge in [0.2, 0.25) is 0 Å². The number of aryl methyl sites for hydroxylation is 1. The third-order valence-electron chi connectivity index (χ3n) is 1.71. The van der Waals surface area contributed by atoms with Gasteiger partial charge in [-0.2, -0.15) is 4.98 Å². The lowest BCUT2D eigenvalue weighted by molar-refractivity contribution is 0.174. The molecule has 0 spiro atoms. The summed E-state index contributed by atoms with van der Waals surface area (Å²) < 4.78 is 10.4. The zero-order valence-corrected chi connectivity index (χ0v) is 9.72. The van der Waals surface area contributed by atoms with Gasteiger partial charge in [0.05, 0.1) is 0 Å². The molecule has 0 unspecified atom stereocenters. The van der Waals surface area contributed by atoms with Gasteiger partial charge in [0.1, 0.15) is 12.3 Å². The third kappa shape index (κ3) is 2.17. The topological polar surface area (TPSA) is 61.0 Å². The summed E-state index contributed by atoms with van der Waals surface area (Å²) in [4.78, 5) is 9.18. The summed E-state index contributed by atoms with van der Waals surface area (Å²) in [5, 5.41) is 3.74. The molecule has 0 aromatic carbocycles. The number of thiazole rings is 1. The first-order valence-electron chi connectivity index (χ1n) is 4.15. The van der Waals surface area contributed by atoms with Crippen LogP contribution in [0.5, 0.6) is 0 Å². The minimum atomic E-state index is 0.320. The largest absolute Gasteiger partial charge is 0.377 e. The van der Waals surface area contributed by atoms with Crippen molar-refractivity contribution in [3.05, 3.63) is 15.2 Å². The van der Waals surface area contributed by atoms with Gasteiger partial charge in [-0.15, -0.1) is 11.3 Å². The van der Waals surface area contributed by atoms with Crippen molar-refractivity contribution >= 4 is 22.9 Å². The summed E-state index contributed by atoms with van der Waals surface area (Å²) >= 11 is 7.16. The Balaban J connectivity index is 2.32. The van der Waals surface area contributed by atoms with Crippen molar-refractivity contribution in [3.63, 3.8) is 0 Å². The minimum absolute atomic E-state index is 0.320. The van der Waals surface area contributed by atoms with Crippen LogP contribution in [0.1, 0.15) is 10.7 Å². The van der Waals surface area contributed by atoms with E-state index in [1.54, 1.807) is 7.11 Å². The Hall–Kier alpha value is -0.980. The molecule has 80 valence electrons. The van der Waals surface area contributed by atoms with Crippen LogP contribution in [0.25, 0.3) is 11.6 Å². The van der Waals surface area contributed by atoms with Gasteiger partial charge in [0.15, 0.2) is 10.3 Å². The van der Waals surface area contributed by atoms with E-state index < -0.39 is 0 Å². The van der Waals surface area contributed by atoms with E-state index >= 15 is 0 Å². The second-order valence-corrected chi connectivity index (χ2v) is 4.61. The van der Waals surface area contributed by atoms with E-state index in [4.69, 9.17) is 20.9 Å². The number of nitrogens with zero attached hydrogens (tertiary/aromatic N) is 3. The first-order valence-corrected chi connectivity index (χ1v) is 5.35. The molecule has 0 aliphatic heterocycles. The SMILES string of the molecule is COCc1noc(-c2nc(Cl)sc2C)n1. The molecule has 0 bridgehead atoms. The summed E-state index contributed by atoms with van der Waals surface area (Å²) in [6.07, 6.45) is 0. The van der Waals surface area contributed by atoms with E-state index in [1.807, 2.05) is 6.92 Å². The standard InChI is InChI=1S/C8H8ClN3O2S/c1-4-6(11-8(9)15-4)7-10-5(3-13-2)12-14-7/h3H2,1-2H3. The quantitative estimate of drug-likeness (QED) is 0.830. The number of aromatic nitrogens is 3. The van der Waals surface area contributed by atoms with Crippen molar-refractivity contribution < 1.29 is 9.26 Å². The first-order chi connectivity index (χ1) is 7.20. The maximum absolute atomic E-state index is 5.78. The lowest BCUT2D eigenvalue weighted by Gasteiger charge is -1.88. The molecule has 0 fully saturated rings. The van der Waals surface area contributed by atoms with E-state index in [9.17, 15) is 0 Å². The van der Waals surface area contributed by atoms with Crippen molar-refractivity contribution in [2.75, 3.05) is 7.11 Å². The molecule has 7 heteroatoms. The molecule has 0 amide bonds. The Kier molecular flexibility index (Phi) is 2.99. The number of hydrogen-bond donors (Lipinski definition) is 0. The smallest absolute Gasteiger partial charge is 0.277 e. The number of ether oxygens (including phenoxy) is 1. The van der Waals surface area contributed by atoms with E-state index in [1.165, 1.54) is 11.3 Å². The molecule has 5 nitrogen and oxygen atoms in total. The second kappa shape index (κ2) is 4.26. The van der Waals surface area contributed by atoms with Gasteiger partial charge in [-0.25, -0.2) is 4.98 Å². The highest BCUT2D eigenvalue weighted by Gasteiger charge is 2.15. The molecule has 2 rings (SSSR count). The minimum Gasteiger partial charge on any atom is -0.377 e. The average Bonchev–Trinajstić information content (AvgIpc) is 2.73. The number of rotatable bonds is 3. The predicted molar refractivity (Wildman–Crippen MR) is 55.9 cm³/mol. The third-order valence-corrected chi connectivity index (χ3v) is 2.79. The van der Waals surface area contributed by atoms with E-state index in [0.717, 1.165) is 4.88 Å². The van der Waals surface area contributed by atoms with E-state index in [-0.39, 0.29) is 0 Å². The Bertz CT molecular complexity index is 468. The van der Waals surface area contributed by atoms with Crippen LogP contribution in [-0.2, 0) is 11.3 Å².